The molecule has 0 atom stereocenters. The van der Waals surface area contributed by atoms with Crippen LogP contribution in [0.15, 0.2) is 46.9 Å². The molecule has 3 N–H and O–H groups in total. The number of rotatable bonds is 5. The van der Waals surface area contributed by atoms with Crippen LogP contribution in [-0.4, -0.2) is 18.5 Å². The van der Waals surface area contributed by atoms with Crippen LogP contribution in [0.5, 0.6) is 0 Å². The number of urea groups is 1. The Labute approximate surface area is 147 Å². The van der Waals surface area contributed by atoms with E-state index in [1.807, 2.05) is 6.07 Å². The summed E-state index contributed by atoms with van der Waals surface area (Å²) in [7, 11) is 0. The van der Waals surface area contributed by atoms with Gasteiger partial charge in [0.1, 0.15) is 5.82 Å². The number of carbonyl (C=O) groups excluding carboxylic acids is 2. The highest BCUT2D eigenvalue weighted by atomic mass is 79.9. The summed E-state index contributed by atoms with van der Waals surface area (Å²) >= 11 is 3.32. The number of halogens is 2. The van der Waals surface area contributed by atoms with Crippen LogP contribution in [0.3, 0.4) is 0 Å². The van der Waals surface area contributed by atoms with Crippen LogP contribution >= 0.6 is 15.9 Å². The molecule has 2 aromatic carbocycles. The van der Waals surface area contributed by atoms with Gasteiger partial charge in [0.05, 0.1) is 12.2 Å². The highest BCUT2D eigenvalue weighted by molar-refractivity contribution is 9.10. The minimum Gasteiger partial charge on any atom is -0.334 e. The Morgan fingerprint density at radius 1 is 1.12 bits per heavy atom. The number of amides is 3. The lowest BCUT2D eigenvalue weighted by atomic mass is 10.1. The third-order valence-electron chi connectivity index (χ3n) is 3.25. The summed E-state index contributed by atoms with van der Waals surface area (Å²) in [5, 5.41) is 7.69. The minimum atomic E-state index is -0.502. The van der Waals surface area contributed by atoms with Crippen LogP contribution in [0.2, 0.25) is 0 Å². The van der Waals surface area contributed by atoms with Crippen molar-refractivity contribution < 1.29 is 14.0 Å². The monoisotopic (exact) mass is 393 g/mol. The fraction of sp³-hybridized carbons (Fsp3) is 0.176. The minimum absolute atomic E-state index is 0.171. The molecular formula is C17H17BrFN3O2. The Bertz CT molecular complexity index is 752. The molecule has 2 rings (SSSR count). The number of carbonyl (C=O) groups is 2. The molecule has 0 aromatic heterocycles. The van der Waals surface area contributed by atoms with E-state index < -0.39 is 6.03 Å². The van der Waals surface area contributed by atoms with Crippen molar-refractivity contribution in [1.82, 2.24) is 10.6 Å². The first-order valence-corrected chi connectivity index (χ1v) is 8.06. The zero-order valence-corrected chi connectivity index (χ0v) is 14.6. The first-order chi connectivity index (χ1) is 11.5. The standard InChI is InChI=1S/C17H17BrFN3O2/c1-11-6-7-12(8-14(11)19)9-20-17(24)21-10-16(23)22-15-5-3-2-4-13(15)18/h2-8H,9-10H2,1H3,(H,22,23)(H2,20,21,24). The maximum atomic E-state index is 13.4. The zero-order chi connectivity index (χ0) is 17.5. The van der Waals surface area contributed by atoms with Gasteiger partial charge < -0.3 is 16.0 Å². The van der Waals surface area contributed by atoms with Gasteiger partial charge in [-0.25, -0.2) is 9.18 Å². The first-order valence-electron chi connectivity index (χ1n) is 7.27. The van der Waals surface area contributed by atoms with E-state index >= 15 is 0 Å². The van der Waals surface area contributed by atoms with Gasteiger partial charge in [-0.3, -0.25) is 4.79 Å². The van der Waals surface area contributed by atoms with Crippen molar-refractivity contribution in [2.75, 3.05) is 11.9 Å². The molecule has 0 saturated carbocycles. The van der Waals surface area contributed by atoms with Gasteiger partial charge >= 0.3 is 6.03 Å². The SMILES string of the molecule is Cc1ccc(CNC(=O)NCC(=O)Nc2ccccc2Br)cc1F. The second-order valence-electron chi connectivity index (χ2n) is 5.15. The van der Waals surface area contributed by atoms with Gasteiger partial charge in [-0.2, -0.15) is 0 Å². The van der Waals surface area contributed by atoms with Crippen molar-refractivity contribution in [2.45, 2.75) is 13.5 Å². The third kappa shape index (κ3) is 5.34. The number of hydrogen-bond acceptors (Lipinski definition) is 2. The van der Waals surface area contributed by atoms with Crippen LogP contribution in [0, 0.1) is 12.7 Å². The summed E-state index contributed by atoms with van der Waals surface area (Å²) in [6.07, 6.45) is 0. The fourth-order valence-electron chi connectivity index (χ4n) is 1.91. The summed E-state index contributed by atoms with van der Waals surface area (Å²) in [5.74, 6) is -0.666. The van der Waals surface area contributed by atoms with Gasteiger partial charge in [-0.05, 0) is 52.2 Å². The number of para-hydroxylation sites is 1. The molecule has 0 radical (unpaired) electrons. The Kier molecular flexibility index (Phi) is 6.31. The second kappa shape index (κ2) is 8.44. The van der Waals surface area contributed by atoms with Crippen LogP contribution in [0.25, 0.3) is 0 Å². The molecule has 2 aromatic rings. The number of anilines is 1. The molecule has 0 aliphatic rings. The van der Waals surface area contributed by atoms with Gasteiger partial charge in [0.15, 0.2) is 0 Å². The van der Waals surface area contributed by atoms with E-state index in [0.717, 1.165) is 4.47 Å². The average molecular weight is 394 g/mol. The molecule has 0 unspecified atom stereocenters. The van der Waals surface area contributed by atoms with E-state index in [0.29, 0.717) is 16.8 Å². The highest BCUT2D eigenvalue weighted by Crippen LogP contribution is 2.20. The lowest BCUT2D eigenvalue weighted by Gasteiger charge is -2.10. The Balaban J connectivity index is 1.75. The van der Waals surface area contributed by atoms with Crippen molar-refractivity contribution in [2.24, 2.45) is 0 Å². The van der Waals surface area contributed by atoms with Gasteiger partial charge in [0.2, 0.25) is 5.91 Å². The summed E-state index contributed by atoms with van der Waals surface area (Å²) in [6.45, 7) is 1.67. The molecule has 0 spiro atoms. The summed E-state index contributed by atoms with van der Waals surface area (Å²) in [5.41, 5.74) is 1.82. The lowest BCUT2D eigenvalue weighted by molar-refractivity contribution is -0.115. The molecule has 7 heteroatoms. The zero-order valence-electron chi connectivity index (χ0n) is 13.0. The van der Waals surface area contributed by atoms with Gasteiger partial charge in [-0.1, -0.05) is 24.3 Å². The Hall–Kier alpha value is -2.41. The number of aryl methyl sites for hydroxylation is 1. The molecule has 24 heavy (non-hydrogen) atoms. The van der Waals surface area contributed by atoms with Crippen molar-refractivity contribution in [3.63, 3.8) is 0 Å². The lowest BCUT2D eigenvalue weighted by Crippen LogP contribution is -2.39. The summed E-state index contributed by atoms with van der Waals surface area (Å²) < 4.78 is 14.2. The van der Waals surface area contributed by atoms with Crippen molar-refractivity contribution in [3.8, 4) is 0 Å². The van der Waals surface area contributed by atoms with Crippen molar-refractivity contribution >= 4 is 33.6 Å². The van der Waals surface area contributed by atoms with E-state index in [1.165, 1.54) is 6.07 Å². The normalized spacial score (nSPS) is 10.1. The maximum absolute atomic E-state index is 13.4. The van der Waals surface area contributed by atoms with Crippen LogP contribution in [-0.2, 0) is 11.3 Å². The summed E-state index contributed by atoms with van der Waals surface area (Å²) in [6, 6.07) is 11.4. The molecule has 0 aliphatic heterocycles. The third-order valence-corrected chi connectivity index (χ3v) is 3.94. The van der Waals surface area contributed by atoms with E-state index in [2.05, 4.69) is 31.9 Å². The molecule has 0 aliphatic carbocycles. The van der Waals surface area contributed by atoms with Crippen LogP contribution in [0.4, 0.5) is 14.9 Å². The highest BCUT2D eigenvalue weighted by Gasteiger charge is 2.07. The van der Waals surface area contributed by atoms with Crippen molar-refractivity contribution in [3.05, 3.63) is 63.9 Å². The molecular weight excluding hydrogens is 377 g/mol. The Morgan fingerprint density at radius 3 is 2.58 bits per heavy atom. The number of benzene rings is 2. The van der Waals surface area contributed by atoms with Gasteiger partial charge in [-0.15, -0.1) is 0 Å². The quantitative estimate of drug-likeness (QED) is 0.728. The van der Waals surface area contributed by atoms with Crippen LogP contribution < -0.4 is 16.0 Å². The molecule has 5 nitrogen and oxygen atoms in total. The van der Waals surface area contributed by atoms with E-state index in [4.69, 9.17) is 0 Å². The smallest absolute Gasteiger partial charge is 0.315 e. The molecule has 0 fully saturated rings. The van der Waals surface area contributed by atoms with Gasteiger partial charge in [0.25, 0.3) is 0 Å². The Morgan fingerprint density at radius 2 is 1.88 bits per heavy atom. The van der Waals surface area contributed by atoms with Crippen LogP contribution in [0.1, 0.15) is 11.1 Å². The second-order valence-corrected chi connectivity index (χ2v) is 6.00. The topological polar surface area (TPSA) is 70.2 Å². The fourth-order valence-corrected chi connectivity index (χ4v) is 2.29. The van der Waals surface area contributed by atoms with Crippen molar-refractivity contribution in [1.29, 1.82) is 0 Å². The van der Waals surface area contributed by atoms with Gasteiger partial charge in [0, 0.05) is 11.0 Å². The molecule has 0 heterocycles. The maximum Gasteiger partial charge on any atom is 0.315 e. The molecule has 126 valence electrons. The summed E-state index contributed by atoms with van der Waals surface area (Å²) in [4.78, 5) is 23.5. The first kappa shape index (κ1) is 17.9. The van der Waals surface area contributed by atoms with E-state index in [-0.39, 0.29) is 24.8 Å². The predicted molar refractivity (Wildman–Crippen MR) is 94.1 cm³/mol. The largest absolute Gasteiger partial charge is 0.334 e. The molecule has 3 amide bonds. The van der Waals surface area contributed by atoms with E-state index in [1.54, 1.807) is 37.3 Å². The number of hydrogen-bond donors (Lipinski definition) is 3. The molecule has 0 bridgehead atoms. The average Bonchev–Trinajstić information content (AvgIpc) is 2.56. The predicted octanol–water partition coefficient (Wildman–Crippen LogP) is 3.33. The number of nitrogens with one attached hydrogen (secondary N) is 3. The molecule has 0 saturated heterocycles. The van der Waals surface area contributed by atoms with E-state index in [9.17, 15) is 14.0 Å².